The summed E-state index contributed by atoms with van der Waals surface area (Å²) >= 11 is 0. The van der Waals surface area contributed by atoms with Crippen molar-refractivity contribution in [1.82, 2.24) is 5.32 Å². The second kappa shape index (κ2) is 9.30. The first-order valence-corrected chi connectivity index (χ1v) is 13.9. The van der Waals surface area contributed by atoms with Crippen LogP contribution in [0.5, 0.6) is 0 Å². The largest absolute Gasteiger partial charge is 0.347 e. The number of nitrogens with one attached hydrogen (secondary N) is 3. The van der Waals surface area contributed by atoms with Gasteiger partial charge in [0, 0.05) is 17.8 Å². The second-order valence-corrected chi connectivity index (χ2v) is 12.6. The maximum atomic E-state index is 12.6. The van der Waals surface area contributed by atoms with Gasteiger partial charge in [0.2, 0.25) is 11.8 Å². The molecular weight excluding hydrogens is 462 g/mol. The highest BCUT2D eigenvalue weighted by Crippen LogP contribution is 2.61. The Hall–Kier alpha value is -2.87. The maximum Gasteiger partial charge on any atom is 0.261 e. The molecule has 4 saturated carbocycles. The number of hydrogen-bond acceptors (Lipinski definition) is 4. The number of anilines is 2. The molecular formula is C27H33N3O4S. The number of aryl methyl sites for hydroxylation is 1. The van der Waals surface area contributed by atoms with E-state index in [4.69, 9.17) is 0 Å². The molecule has 2 aromatic rings. The van der Waals surface area contributed by atoms with Crippen LogP contribution in [0.25, 0.3) is 0 Å². The van der Waals surface area contributed by atoms with Crippen LogP contribution < -0.4 is 15.4 Å². The van der Waals surface area contributed by atoms with E-state index in [0.717, 1.165) is 23.3 Å². The Bertz CT molecular complexity index is 1170. The first-order chi connectivity index (χ1) is 16.7. The molecule has 0 saturated heterocycles. The van der Waals surface area contributed by atoms with Crippen molar-refractivity contribution in [3.63, 3.8) is 0 Å². The Kier molecular flexibility index (Phi) is 6.34. The average molecular weight is 496 g/mol. The zero-order valence-electron chi connectivity index (χ0n) is 20.0. The highest BCUT2D eigenvalue weighted by molar-refractivity contribution is 7.92. The Morgan fingerprint density at radius 2 is 1.37 bits per heavy atom. The summed E-state index contributed by atoms with van der Waals surface area (Å²) in [7, 11) is -3.69. The summed E-state index contributed by atoms with van der Waals surface area (Å²) in [6, 6.07) is 13.0. The zero-order chi connectivity index (χ0) is 24.6. The first-order valence-electron chi connectivity index (χ1n) is 12.4. The Labute approximate surface area is 207 Å². The van der Waals surface area contributed by atoms with Crippen LogP contribution in [-0.4, -0.2) is 26.8 Å². The van der Waals surface area contributed by atoms with Gasteiger partial charge in [-0.3, -0.25) is 14.3 Å². The molecule has 0 heterocycles. The van der Waals surface area contributed by atoms with Crippen molar-refractivity contribution in [2.45, 2.75) is 56.8 Å². The fraction of sp³-hybridized carbons (Fsp3) is 0.481. The summed E-state index contributed by atoms with van der Waals surface area (Å²) in [5.74, 6) is 2.03. The van der Waals surface area contributed by atoms with Crippen LogP contribution in [0.2, 0.25) is 0 Å². The molecule has 0 atom stereocenters. The minimum absolute atomic E-state index is 0.0389. The summed E-state index contributed by atoms with van der Waals surface area (Å²) in [5.41, 5.74) is 2.06. The van der Waals surface area contributed by atoms with Crippen LogP contribution in [0.3, 0.4) is 0 Å². The molecule has 186 valence electrons. The van der Waals surface area contributed by atoms with E-state index in [9.17, 15) is 18.0 Å². The van der Waals surface area contributed by atoms with Gasteiger partial charge in [0.15, 0.2) is 0 Å². The number of hydrogen-bond donors (Lipinski definition) is 3. The quantitative estimate of drug-likeness (QED) is 0.503. The third-order valence-corrected chi connectivity index (χ3v) is 9.30. The van der Waals surface area contributed by atoms with Crippen molar-refractivity contribution in [2.75, 3.05) is 16.6 Å². The van der Waals surface area contributed by atoms with Gasteiger partial charge >= 0.3 is 0 Å². The SMILES string of the molecule is Cc1ccc(S(=O)(=O)Nc2ccc(NC(=O)CNC(=O)CC34CC5CC(CC(C5)C3)C4)cc2)cc1. The van der Waals surface area contributed by atoms with Gasteiger partial charge in [-0.2, -0.15) is 0 Å². The minimum atomic E-state index is -3.69. The topological polar surface area (TPSA) is 104 Å². The monoisotopic (exact) mass is 495 g/mol. The molecule has 4 aliphatic carbocycles. The standard InChI is InChI=1S/C27H33N3O4S/c1-18-2-8-24(9-3-18)35(33,34)30-23-6-4-22(5-7-23)29-26(32)17-28-25(31)16-27-13-19-10-20(14-27)12-21(11-19)15-27/h2-9,19-21,30H,10-17H2,1H3,(H,28,31)(H,29,32). The van der Waals surface area contributed by atoms with Gasteiger partial charge in [-0.1, -0.05) is 17.7 Å². The van der Waals surface area contributed by atoms with Gasteiger partial charge in [-0.25, -0.2) is 8.42 Å². The van der Waals surface area contributed by atoms with Crippen molar-refractivity contribution in [1.29, 1.82) is 0 Å². The highest BCUT2D eigenvalue weighted by atomic mass is 32.2. The smallest absolute Gasteiger partial charge is 0.261 e. The van der Waals surface area contributed by atoms with E-state index in [-0.39, 0.29) is 28.7 Å². The fourth-order valence-electron chi connectivity index (χ4n) is 6.85. The third kappa shape index (κ3) is 5.53. The van der Waals surface area contributed by atoms with Gasteiger partial charge in [-0.05, 0) is 105 Å². The van der Waals surface area contributed by atoms with Gasteiger partial charge in [0.05, 0.1) is 11.4 Å². The van der Waals surface area contributed by atoms with E-state index in [1.807, 2.05) is 6.92 Å². The summed E-state index contributed by atoms with van der Waals surface area (Å²) < 4.78 is 27.6. The number of sulfonamides is 1. The molecule has 35 heavy (non-hydrogen) atoms. The molecule has 4 aliphatic rings. The van der Waals surface area contributed by atoms with E-state index in [1.54, 1.807) is 48.5 Å². The van der Waals surface area contributed by atoms with Crippen LogP contribution in [0, 0.1) is 30.1 Å². The van der Waals surface area contributed by atoms with E-state index < -0.39 is 10.0 Å². The van der Waals surface area contributed by atoms with Crippen molar-refractivity contribution in [2.24, 2.45) is 23.2 Å². The lowest BCUT2D eigenvalue weighted by molar-refractivity contribution is -0.131. The van der Waals surface area contributed by atoms with Crippen molar-refractivity contribution >= 4 is 33.2 Å². The molecule has 7 nitrogen and oxygen atoms in total. The van der Waals surface area contributed by atoms with Crippen LogP contribution in [0.15, 0.2) is 53.4 Å². The Balaban J connectivity index is 1.10. The number of rotatable bonds is 8. The second-order valence-electron chi connectivity index (χ2n) is 10.9. The molecule has 2 amide bonds. The fourth-order valence-corrected chi connectivity index (χ4v) is 7.91. The summed E-state index contributed by atoms with van der Waals surface area (Å²) in [4.78, 5) is 25.2. The van der Waals surface area contributed by atoms with Gasteiger partial charge in [-0.15, -0.1) is 0 Å². The molecule has 3 N–H and O–H groups in total. The van der Waals surface area contributed by atoms with Crippen LogP contribution in [0.4, 0.5) is 11.4 Å². The zero-order valence-corrected chi connectivity index (χ0v) is 20.9. The molecule has 2 aromatic carbocycles. The van der Waals surface area contributed by atoms with Gasteiger partial charge < -0.3 is 10.6 Å². The van der Waals surface area contributed by atoms with E-state index in [2.05, 4.69) is 15.4 Å². The van der Waals surface area contributed by atoms with Crippen LogP contribution in [0.1, 0.15) is 50.5 Å². The van der Waals surface area contributed by atoms with Gasteiger partial charge in [0.1, 0.15) is 0 Å². The lowest BCUT2D eigenvalue weighted by Crippen LogP contribution is -2.48. The van der Waals surface area contributed by atoms with Crippen molar-refractivity contribution < 1.29 is 18.0 Å². The Morgan fingerprint density at radius 3 is 1.94 bits per heavy atom. The maximum absolute atomic E-state index is 12.6. The summed E-state index contributed by atoms with van der Waals surface area (Å²) in [5, 5.41) is 5.55. The average Bonchev–Trinajstić information content (AvgIpc) is 2.78. The molecule has 0 unspecified atom stereocenters. The van der Waals surface area contributed by atoms with Crippen LogP contribution >= 0.6 is 0 Å². The summed E-state index contributed by atoms with van der Waals surface area (Å²) in [6.45, 7) is 1.82. The number of amides is 2. The Morgan fingerprint density at radius 1 is 0.829 bits per heavy atom. The molecule has 0 radical (unpaired) electrons. The summed E-state index contributed by atoms with van der Waals surface area (Å²) in [6.07, 6.45) is 8.05. The highest BCUT2D eigenvalue weighted by Gasteiger charge is 2.51. The van der Waals surface area contributed by atoms with E-state index in [0.29, 0.717) is 17.8 Å². The normalized spacial score (nSPS) is 26.8. The predicted octanol–water partition coefficient (Wildman–Crippen LogP) is 4.46. The third-order valence-electron chi connectivity index (χ3n) is 7.90. The molecule has 8 heteroatoms. The van der Waals surface area contributed by atoms with Crippen molar-refractivity contribution in [3.8, 4) is 0 Å². The number of benzene rings is 2. The molecule has 0 aromatic heterocycles. The number of carbonyl (C=O) groups is 2. The molecule has 6 rings (SSSR count). The number of carbonyl (C=O) groups excluding carboxylic acids is 2. The lowest BCUT2D eigenvalue weighted by Gasteiger charge is -2.56. The first kappa shape index (κ1) is 23.9. The lowest BCUT2D eigenvalue weighted by atomic mass is 9.49. The van der Waals surface area contributed by atoms with Crippen molar-refractivity contribution in [3.05, 3.63) is 54.1 Å². The predicted molar refractivity (Wildman–Crippen MR) is 135 cm³/mol. The molecule has 4 fully saturated rings. The van der Waals surface area contributed by atoms with Gasteiger partial charge in [0.25, 0.3) is 10.0 Å². The van der Waals surface area contributed by atoms with E-state index >= 15 is 0 Å². The molecule has 4 bridgehead atoms. The minimum Gasteiger partial charge on any atom is -0.347 e. The molecule has 0 aliphatic heterocycles. The van der Waals surface area contributed by atoms with E-state index in [1.165, 1.54) is 38.5 Å². The van der Waals surface area contributed by atoms with Crippen LogP contribution in [-0.2, 0) is 19.6 Å². The molecule has 0 spiro atoms.